The first-order valence-electron chi connectivity index (χ1n) is 11.3. The van der Waals surface area contributed by atoms with Gasteiger partial charge in [-0.25, -0.2) is 13.6 Å². The Morgan fingerprint density at radius 2 is 1.92 bits per heavy atom. The van der Waals surface area contributed by atoms with Crippen molar-refractivity contribution in [1.29, 1.82) is 0 Å². The maximum atomic E-state index is 13.9. The van der Waals surface area contributed by atoms with E-state index in [1.54, 1.807) is 0 Å². The third-order valence-corrected chi connectivity index (χ3v) is 6.41. The highest BCUT2D eigenvalue weighted by Gasteiger charge is 2.26. The standard InChI is InChI=1S/C23H26ClF2N7O3/c1-23(2,31(3)4)12-33-19-18(28-21(24)29-19)20(34)32(22(33)35)9-5-6-17-27-16(30-36-17)10-13-7-8-14(25)11-15(13)26/h7-8,11H,5-6,9-10,12H2,1-4H3,(H,28,29). The Balaban J connectivity index is 1.53. The number of nitrogens with one attached hydrogen (secondary N) is 1. The van der Waals surface area contributed by atoms with Crippen molar-refractivity contribution in [1.82, 2.24) is 34.1 Å². The molecule has 0 saturated heterocycles. The van der Waals surface area contributed by atoms with Crippen LogP contribution in [0.4, 0.5) is 8.78 Å². The number of H-pyrrole nitrogens is 1. The number of likely N-dealkylation sites (N-methyl/N-ethyl adjacent to an activating group) is 1. The zero-order valence-electron chi connectivity index (χ0n) is 20.3. The Bertz CT molecular complexity index is 1520. The topological polar surface area (TPSA) is 115 Å². The fraction of sp³-hybridized carbons (Fsp3) is 0.435. The van der Waals surface area contributed by atoms with E-state index in [9.17, 15) is 18.4 Å². The van der Waals surface area contributed by atoms with Crippen LogP contribution in [0.2, 0.25) is 5.28 Å². The number of aromatic nitrogens is 6. The molecule has 13 heteroatoms. The van der Waals surface area contributed by atoms with E-state index in [2.05, 4.69) is 20.1 Å². The summed E-state index contributed by atoms with van der Waals surface area (Å²) in [5, 5.41) is 3.86. The third-order valence-electron chi connectivity index (χ3n) is 6.23. The molecule has 192 valence electrons. The van der Waals surface area contributed by atoms with Crippen molar-refractivity contribution in [3.8, 4) is 0 Å². The van der Waals surface area contributed by atoms with Gasteiger partial charge in [0, 0.05) is 37.5 Å². The van der Waals surface area contributed by atoms with Gasteiger partial charge >= 0.3 is 5.69 Å². The molecule has 0 aliphatic carbocycles. The van der Waals surface area contributed by atoms with Gasteiger partial charge in [0.05, 0.1) is 0 Å². The molecule has 0 saturated carbocycles. The van der Waals surface area contributed by atoms with Gasteiger partial charge in [-0.05, 0) is 57.6 Å². The summed E-state index contributed by atoms with van der Waals surface area (Å²) in [5.41, 5.74) is -0.835. The lowest BCUT2D eigenvalue weighted by Crippen LogP contribution is -2.48. The summed E-state index contributed by atoms with van der Waals surface area (Å²) in [4.78, 5) is 39.4. The van der Waals surface area contributed by atoms with Crippen LogP contribution in [-0.4, -0.2) is 53.8 Å². The molecule has 36 heavy (non-hydrogen) atoms. The smallest absolute Gasteiger partial charge is 0.332 e. The summed E-state index contributed by atoms with van der Waals surface area (Å²) in [6.45, 7) is 4.32. The number of rotatable bonds is 9. The van der Waals surface area contributed by atoms with Gasteiger partial charge in [0.15, 0.2) is 17.0 Å². The quantitative estimate of drug-likeness (QED) is 0.337. The molecule has 0 aliphatic rings. The van der Waals surface area contributed by atoms with Crippen LogP contribution in [0, 0.1) is 11.6 Å². The Labute approximate surface area is 209 Å². The summed E-state index contributed by atoms with van der Waals surface area (Å²) in [6.07, 6.45) is 0.681. The van der Waals surface area contributed by atoms with Crippen LogP contribution in [0.1, 0.15) is 37.5 Å². The van der Waals surface area contributed by atoms with E-state index in [0.29, 0.717) is 6.42 Å². The van der Waals surface area contributed by atoms with Gasteiger partial charge in [-0.1, -0.05) is 11.2 Å². The number of fused-ring (bicyclic) bond motifs is 1. The Kier molecular flexibility index (Phi) is 7.10. The SMILES string of the molecule is CN(C)C(C)(C)Cn1c(=O)n(CCCc2nc(Cc3ccc(F)cc3F)no2)c(=O)c2[nH]c(Cl)nc21. The molecule has 0 radical (unpaired) electrons. The minimum atomic E-state index is -0.691. The van der Waals surface area contributed by atoms with Crippen molar-refractivity contribution in [2.75, 3.05) is 14.1 Å². The lowest BCUT2D eigenvalue weighted by Gasteiger charge is -2.33. The Morgan fingerprint density at radius 1 is 1.17 bits per heavy atom. The molecule has 0 amide bonds. The predicted molar refractivity (Wildman–Crippen MR) is 129 cm³/mol. The predicted octanol–water partition coefficient (Wildman–Crippen LogP) is 2.76. The van der Waals surface area contributed by atoms with E-state index in [1.165, 1.54) is 10.6 Å². The molecule has 4 aromatic rings. The fourth-order valence-corrected chi connectivity index (χ4v) is 3.87. The van der Waals surface area contributed by atoms with Crippen LogP contribution in [0.3, 0.4) is 0 Å². The number of imidazole rings is 1. The summed E-state index contributed by atoms with van der Waals surface area (Å²) in [6, 6.07) is 3.28. The summed E-state index contributed by atoms with van der Waals surface area (Å²) >= 11 is 6.02. The van der Waals surface area contributed by atoms with Gasteiger partial charge < -0.3 is 14.4 Å². The largest absolute Gasteiger partial charge is 0.339 e. The molecule has 4 rings (SSSR count). The normalized spacial score (nSPS) is 12.2. The van der Waals surface area contributed by atoms with E-state index in [-0.39, 0.29) is 59.7 Å². The van der Waals surface area contributed by atoms with Crippen molar-refractivity contribution in [2.24, 2.45) is 0 Å². The average molecular weight is 522 g/mol. The van der Waals surface area contributed by atoms with Crippen molar-refractivity contribution in [2.45, 2.75) is 51.7 Å². The fourth-order valence-electron chi connectivity index (χ4n) is 3.69. The molecule has 0 aliphatic heterocycles. The second kappa shape index (κ2) is 9.94. The zero-order chi connectivity index (χ0) is 26.2. The maximum Gasteiger partial charge on any atom is 0.332 e. The lowest BCUT2D eigenvalue weighted by atomic mass is 10.0. The molecule has 10 nitrogen and oxygen atoms in total. The molecule has 3 aromatic heterocycles. The van der Waals surface area contributed by atoms with Crippen LogP contribution in [0.25, 0.3) is 11.2 Å². The first-order chi connectivity index (χ1) is 17.0. The minimum Gasteiger partial charge on any atom is -0.339 e. The van der Waals surface area contributed by atoms with E-state index in [1.807, 2.05) is 32.8 Å². The van der Waals surface area contributed by atoms with Crippen LogP contribution < -0.4 is 11.2 Å². The molecule has 1 aromatic carbocycles. The monoisotopic (exact) mass is 521 g/mol. The number of hydrogen-bond donors (Lipinski definition) is 1. The number of nitrogens with zero attached hydrogens (tertiary/aromatic N) is 6. The van der Waals surface area contributed by atoms with E-state index in [4.69, 9.17) is 16.1 Å². The number of aromatic amines is 1. The second-order valence-corrected chi connectivity index (χ2v) is 9.74. The molecule has 0 atom stereocenters. The highest BCUT2D eigenvalue weighted by atomic mass is 35.5. The molecule has 3 heterocycles. The van der Waals surface area contributed by atoms with Crippen molar-refractivity contribution in [3.63, 3.8) is 0 Å². The molecule has 0 fully saturated rings. The summed E-state index contributed by atoms with van der Waals surface area (Å²) in [5.74, 6) is -0.834. The first kappa shape index (κ1) is 25.7. The highest BCUT2D eigenvalue weighted by molar-refractivity contribution is 6.28. The Morgan fingerprint density at radius 3 is 2.61 bits per heavy atom. The zero-order valence-corrected chi connectivity index (χ0v) is 21.1. The number of hydrogen-bond acceptors (Lipinski definition) is 7. The number of halogens is 3. The molecular formula is C23H26ClF2N7O3. The van der Waals surface area contributed by atoms with Crippen LogP contribution in [0.5, 0.6) is 0 Å². The maximum absolute atomic E-state index is 13.9. The van der Waals surface area contributed by atoms with Gasteiger partial charge in [0.25, 0.3) is 5.56 Å². The Hall–Kier alpha value is -3.38. The van der Waals surface area contributed by atoms with E-state index < -0.39 is 28.4 Å². The summed E-state index contributed by atoms with van der Waals surface area (Å²) < 4.78 is 34.8. The van der Waals surface area contributed by atoms with Gasteiger partial charge in [-0.15, -0.1) is 0 Å². The van der Waals surface area contributed by atoms with Crippen LogP contribution >= 0.6 is 11.6 Å². The molecule has 0 unspecified atom stereocenters. The van der Waals surface area contributed by atoms with Crippen molar-refractivity contribution >= 4 is 22.8 Å². The highest BCUT2D eigenvalue weighted by Crippen LogP contribution is 2.17. The van der Waals surface area contributed by atoms with Crippen LogP contribution in [0.15, 0.2) is 32.3 Å². The van der Waals surface area contributed by atoms with Crippen LogP contribution in [-0.2, 0) is 25.9 Å². The van der Waals surface area contributed by atoms with Gasteiger partial charge in [0.2, 0.25) is 11.2 Å². The lowest BCUT2D eigenvalue weighted by molar-refractivity contribution is 0.168. The van der Waals surface area contributed by atoms with Crippen molar-refractivity contribution < 1.29 is 13.3 Å². The second-order valence-electron chi connectivity index (χ2n) is 9.38. The first-order valence-corrected chi connectivity index (χ1v) is 11.7. The van der Waals surface area contributed by atoms with E-state index >= 15 is 0 Å². The van der Waals surface area contributed by atoms with Gasteiger partial charge in [0.1, 0.15) is 11.6 Å². The summed E-state index contributed by atoms with van der Waals surface area (Å²) in [7, 11) is 3.80. The number of benzene rings is 1. The van der Waals surface area contributed by atoms with Crippen molar-refractivity contribution in [3.05, 3.63) is 73.2 Å². The third kappa shape index (κ3) is 5.24. The molecular weight excluding hydrogens is 496 g/mol. The number of aryl methyl sites for hydroxylation is 1. The minimum absolute atomic E-state index is 0.0200. The average Bonchev–Trinajstić information content (AvgIpc) is 3.41. The molecule has 0 spiro atoms. The van der Waals surface area contributed by atoms with E-state index in [0.717, 1.165) is 16.7 Å². The van der Waals surface area contributed by atoms with Gasteiger partial charge in [-0.2, -0.15) is 9.97 Å². The molecule has 0 bridgehead atoms. The molecule has 1 N–H and O–H groups in total. The van der Waals surface area contributed by atoms with Gasteiger partial charge in [-0.3, -0.25) is 13.9 Å².